The maximum Gasteiger partial charge on any atom is -0.00201 e. The third kappa shape index (κ3) is 4.07. The Labute approximate surface area is 269 Å². The van der Waals surface area contributed by atoms with Gasteiger partial charge < -0.3 is 0 Å². The molecule has 0 aliphatic heterocycles. The molecule has 0 aliphatic carbocycles. The average Bonchev–Trinajstić information content (AvgIpc) is 3.09. The van der Waals surface area contributed by atoms with Crippen LogP contribution in [-0.4, -0.2) is 0 Å². The molecule has 0 fully saturated rings. The van der Waals surface area contributed by atoms with Crippen molar-refractivity contribution in [2.24, 2.45) is 0 Å². The van der Waals surface area contributed by atoms with Crippen molar-refractivity contribution in [2.45, 2.75) is 26.2 Å². The standard InChI is InChI=1S/C46H34/c1-46(2,3)35-27-33-22-21-32-23-25-41(40-26-24-34(28-35)42(33)44(32)40)45-38-15-9-7-13-36(38)43(37-14-8-10-16-39(37)45)31-19-17-30(18-20-31)29-11-5-4-6-12-29/h4-28H,1-3H3. The van der Waals surface area contributed by atoms with Crippen molar-refractivity contribution < 1.29 is 0 Å². The van der Waals surface area contributed by atoms with Crippen LogP contribution in [0.15, 0.2) is 152 Å². The number of fused-ring (bicyclic) bond motifs is 2. The predicted octanol–water partition coefficient (Wildman–Crippen LogP) is 13.2. The molecule has 0 nitrogen and oxygen atoms in total. The minimum absolute atomic E-state index is 0.0943. The summed E-state index contributed by atoms with van der Waals surface area (Å²) < 4.78 is 0. The van der Waals surface area contributed by atoms with E-state index in [9.17, 15) is 0 Å². The first-order valence-corrected chi connectivity index (χ1v) is 16.3. The molecular weight excluding hydrogens is 553 g/mol. The zero-order valence-electron chi connectivity index (χ0n) is 26.4. The van der Waals surface area contributed by atoms with Crippen molar-refractivity contribution in [3.05, 3.63) is 157 Å². The Kier molecular flexibility index (Phi) is 5.86. The zero-order valence-corrected chi connectivity index (χ0v) is 26.4. The monoisotopic (exact) mass is 586 g/mol. The fourth-order valence-corrected chi connectivity index (χ4v) is 7.66. The first kappa shape index (κ1) is 26.9. The molecule has 0 heteroatoms. The maximum atomic E-state index is 2.40. The maximum absolute atomic E-state index is 2.40. The van der Waals surface area contributed by atoms with Crippen molar-refractivity contribution in [1.29, 1.82) is 0 Å². The van der Waals surface area contributed by atoms with E-state index in [1.807, 2.05) is 0 Å². The molecule has 9 rings (SSSR count). The fourth-order valence-electron chi connectivity index (χ4n) is 7.66. The molecule has 0 amide bonds. The highest BCUT2D eigenvalue weighted by Gasteiger charge is 2.21. The van der Waals surface area contributed by atoms with Gasteiger partial charge in [-0.25, -0.2) is 0 Å². The largest absolute Gasteiger partial charge is 0.0622 e. The Morgan fingerprint density at radius 2 is 0.826 bits per heavy atom. The topological polar surface area (TPSA) is 0 Å². The third-order valence-electron chi connectivity index (χ3n) is 9.95. The van der Waals surface area contributed by atoms with Crippen LogP contribution in [0.4, 0.5) is 0 Å². The van der Waals surface area contributed by atoms with Crippen LogP contribution >= 0.6 is 0 Å². The number of benzene rings is 9. The van der Waals surface area contributed by atoms with Crippen LogP contribution in [0.25, 0.3) is 87.2 Å². The van der Waals surface area contributed by atoms with Gasteiger partial charge in [0.25, 0.3) is 0 Å². The molecule has 0 aliphatic rings. The number of hydrogen-bond donors (Lipinski definition) is 0. The van der Waals surface area contributed by atoms with Gasteiger partial charge in [-0.15, -0.1) is 0 Å². The van der Waals surface area contributed by atoms with E-state index in [1.165, 1.54) is 92.8 Å². The first-order valence-electron chi connectivity index (χ1n) is 16.3. The zero-order chi connectivity index (χ0) is 31.0. The molecule has 46 heavy (non-hydrogen) atoms. The lowest BCUT2D eigenvalue weighted by Gasteiger charge is -2.22. The summed E-state index contributed by atoms with van der Waals surface area (Å²) in [5.74, 6) is 0. The van der Waals surface area contributed by atoms with E-state index in [-0.39, 0.29) is 5.41 Å². The normalized spacial score (nSPS) is 12.2. The summed E-state index contributed by atoms with van der Waals surface area (Å²) in [6.45, 7) is 6.90. The Balaban J connectivity index is 1.33. The van der Waals surface area contributed by atoms with Gasteiger partial charge in [0.05, 0.1) is 0 Å². The van der Waals surface area contributed by atoms with Crippen molar-refractivity contribution in [3.8, 4) is 33.4 Å². The van der Waals surface area contributed by atoms with Crippen LogP contribution < -0.4 is 0 Å². The first-order chi connectivity index (χ1) is 22.5. The fraction of sp³-hybridized carbons (Fsp3) is 0.0870. The van der Waals surface area contributed by atoms with Crippen LogP contribution in [0.2, 0.25) is 0 Å². The van der Waals surface area contributed by atoms with Crippen LogP contribution in [0.5, 0.6) is 0 Å². The lowest BCUT2D eigenvalue weighted by molar-refractivity contribution is 0.591. The van der Waals surface area contributed by atoms with Crippen LogP contribution in [0, 0.1) is 0 Å². The molecule has 0 saturated carbocycles. The average molecular weight is 587 g/mol. The van der Waals surface area contributed by atoms with Crippen LogP contribution in [-0.2, 0) is 5.41 Å². The lowest BCUT2D eigenvalue weighted by atomic mass is 9.81. The molecule has 0 bridgehead atoms. The minimum Gasteiger partial charge on any atom is -0.0622 e. The second kappa shape index (κ2) is 10.0. The Morgan fingerprint density at radius 3 is 1.43 bits per heavy atom. The van der Waals surface area contributed by atoms with Gasteiger partial charge in [0, 0.05) is 0 Å². The molecule has 0 saturated heterocycles. The van der Waals surface area contributed by atoms with E-state index in [4.69, 9.17) is 0 Å². The molecule has 0 unspecified atom stereocenters. The summed E-state index contributed by atoms with van der Waals surface area (Å²) in [5, 5.41) is 13.1. The molecular formula is C46H34. The molecule has 0 aromatic heterocycles. The summed E-state index contributed by atoms with van der Waals surface area (Å²) >= 11 is 0. The molecule has 0 N–H and O–H groups in total. The molecule has 0 heterocycles. The molecule has 218 valence electrons. The third-order valence-corrected chi connectivity index (χ3v) is 9.95. The smallest absolute Gasteiger partial charge is 0.00201 e. The molecule has 9 aromatic carbocycles. The highest BCUT2D eigenvalue weighted by atomic mass is 14.2. The Hall–Kier alpha value is -5.46. The Bertz CT molecular complexity index is 2500. The summed E-state index contributed by atoms with van der Waals surface area (Å²) in [4.78, 5) is 0. The van der Waals surface area contributed by atoms with Gasteiger partial charge in [0.1, 0.15) is 0 Å². The van der Waals surface area contributed by atoms with Crippen LogP contribution in [0.3, 0.4) is 0 Å². The summed E-state index contributed by atoms with van der Waals surface area (Å²) in [5.41, 5.74) is 9.08. The van der Waals surface area contributed by atoms with E-state index >= 15 is 0 Å². The van der Waals surface area contributed by atoms with Gasteiger partial charge in [-0.3, -0.25) is 0 Å². The van der Waals surface area contributed by atoms with Crippen molar-refractivity contribution in [3.63, 3.8) is 0 Å². The highest BCUT2D eigenvalue weighted by Crippen LogP contribution is 2.47. The van der Waals surface area contributed by atoms with Crippen molar-refractivity contribution in [2.75, 3.05) is 0 Å². The molecule has 9 aromatic rings. The quantitative estimate of drug-likeness (QED) is 0.143. The number of hydrogen-bond acceptors (Lipinski definition) is 0. The highest BCUT2D eigenvalue weighted by molar-refractivity contribution is 6.29. The SMILES string of the molecule is CC(C)(C)c1cc2ccc3ccc(-c4c5ccccc5c(-c5ccc(-c6ccccc6)cc5)c5ccccc45)c4ccc(c1)c2c34. The van der Waals surface area contributed by atoms with E-state index < -0.39 is 0 Å². The van der Waals surface area contributed by atoms with Crippen LogP contribution in [0.1, 0.15) is 26.3 Å². The van der Waals surface area contributed by atoms with E-state index in [0.717, 1.165) is 0 Å². The van der Waals surface area contributed by atoms with Gasteiger partial charge in [0.15, 0.2) is 0 Å². The Morgan fingerprint density at radius 1 is 0.348 bits per heavy atom. The molecule has 0 atom stereocenters. The van der Waals surface area contributed by atoms with Crippen molar-refractivity contribution >= 4 is 53.9 Å². The lowest BCUT2D eigenvalue weighted by Crippen LogP contribution is -2.10. The predicted molar refractivity (Wildman–Crippen MR) is 200 cm³/mol. The second-order valence-corrected chi connectivity index (χ2v) is 13.7. The van der Waals surface area contributed by atoms with Gasteiger partial charge in [-0.2, -0.15) is 0 Å². The van der Waals surface area contributed by atoms with E-state index in [1.54, 1.807) is 0 Å². The van der Waals surface area contributed by atoms with Gasteiger partial charge in [0.2, 0.25) is 0 Å². The van der Waals surface area contributed by atoms with E-state index in [0.29, 0.717) is 0 Å². The van der Waals surface area contributed by atoms with Gasteiger partial charge in [-0.1, -0.05) is 172 Å². The van der Waals surface area contributed by atoms with E-state index in [2.05, 4.69) is 172 Å². The summed E-state index contributed by atoms with van der Waals surface area (Å²) in [6, 6.07) is 56.5. The van der Waals surface area contributed by atoms with Gasteiger partial charge >= 0.3 is 0 Å². The van der Waals surface area contributed by atoms with Gasteiger partial charge in [-0.05, 0) is 98.2 Å². The molecule has 0 spiro atoms. The summed E-state index contributed by atoms with van der Waals surface area (Å²) in [6.07, 6.45) is 0. The second-order valence-electron chi connectivity index (χ2n) is 13.7. The van der Waals surface area contributed by atoms with Crippen molar-refractivity contribution in [1.82, 2.24) is 0 Å². The molecule has 0 radical (unpaired) electrons. The number of rotatable bonds is 3. The minimum atomic E-state index is 0.0943. The summed E-state index contributed by atoms with van der Waals surface area (Å²) in [7, 11) is 0.